The van der Waals surface area contributed by atoms with Crippen LogP contribution in [0.3, 0.4) is 0 Å². The lowest BCUT2D eigenvalue weighted by Gasteiger charge is -2.10. The monoisotopic (exact) mass is 298 g/mol. The van der Waals surface area contributed by atoms with Crippen molar-refractivity contribution in [2.24, 2.45) is 0 Å². The van der Waals surface area contributed by atoms with Crippen molar-refractivity contribution >= 4 is 5.97 Å². The topological polar surface area (TPSA) is 35.5 Å². The van der Waals surface area contributed by atoms with E-state index < -0.39 is 5.97 Å². The molecule has 0 amide bonds. The fourth-order valence-electron chi connectivity index (χ4n) is 2.04. The van der Waals surface area contributed by atoms with Gasteiger partial charge in [-0.05, 0) is 60.7 Å². The van der Waals surface area contributed by atoms with E-state index in [2.05, 4.69) is 13.8 Å². The van der Waals surface area contributed by atoms with Gasteiger partial charge >= 0.3 is 5.97 Å². The predicted molar refractivity (Wildman–Crippen MR) is 87.6 cm³/mol. The van der Waals surface area contributed by atoms with Crippen LogP contribution in [0.1, 0.15) is 36.5 Å². The average Bonchev–Trinajstić information content (AvgIpc) is 2.49. The van der Waals surface area contributed by atoms with Gasteiger partial charge < -0.3 is 9.47 Å². The van der Waals surface area contributed by atoms with Gasteiger partial charge in [0.2, 0.25) is 0 Å². The van der Waals surface area contributed by atoms with Gasteiger partial charge in [-0.3, -0.25) is 0 Å². The van der Waals surface area contributed by atoms with E-state index in [-0.39, 0.29) is 6.61 Å². The minimum Gasteiger partial charge on any atom is -0.482 e. The smallest absolute Gasteiger partial charge is 0.349 e. The second-order valence-electron chi connectivity index (χ2n) is 5.74. The molecule has 0 spiro atoms. The summed E-state index contributed by atoms with van der Waals surface area (Å²) in [5.74, 6) is 1.25. The summed E-state index contributed by atoms with van der Waals surface area (Å²) in [5.41, 5.74) is 3.44. The maximum atomic E-state index is 11.9. The van der Waals surface area contributed by atoms with E-state index in [4.69, 9.17) is 9.47 Å². The highest BCUT2D eigenvalue weighted by Crippen LogP contribution is 2.20. The molecule has 3 nitrogen and oxygen atoms in total. The molecule has 0 aliphatic rings. The molecule has 0 bridgehead atoms. The molecule has 0 aliphatic carbocycles. The third-order valence-corrected chi connectivity index (χ3v) is 3.59. The first-order chi connectivity index (χ1) is 10.5. The number of benzene rings is 2. The number of rotatable bonds is 5. The molecule has 0 heterocycles. The zero-order chi connectivity index (χ0) is 16.1. The molecule has 116 valence electrons. The van der Waals surface area contributed by atoms with Crippen LogP contribution in [0.4, 0.5) is 0 Å². The van der Waals surface area contributed by atoms with E-state index in [0.29, 0.717) is 17.4 Å². The molecule has 0 radical (unpaired) electrons. The summed E-state index contributed by atoms with van der Waals surface area (Å²) >= 11 is 0. The highest BCUT2D eigenvalue weighted by atomic mass is 16.6. The molecule has 0 aliphatic heterocycles. The maximum Gasteiger partial charge on any atom is 0.349 e. The molecule has 0 saturated carbocycles. The zero-order valence-corrected chi connectivity index (χ0v) is 13.6. The van der Waals surface area contributed by atoms with Gasteiger partial charge in [-0.25, -0.2) is 4.79 Å². The number of ether oxygens (including phenoxy) is 2. The number of carbonyl (C=O) groups excluding carboxylic acids is 1. The van der Waals surface area contributed by atoms with E-state index in [9.17, 15) is 4.79 Å². The third-order valence-electron chi connectivity index (χ3n) is 3.59. The van der Waals surface area contributed by atoms with Crippen molar-refractivity contribution in [3.63, 3.8) is 0 Å². The number of hydrogen-bond donors (Lipinski definition) is 0. The molecule has 22 heavy (non-hydrogen) atoms. The van der Waals surface area contributed by atoms with Crippen molar-refractivity contribution < 1.29 is 14.3 Å². The Kier molecular flexibility index (Phi) is 5.21. The highest BCUT2D eigenvalue weighted by Gasteiger charge is 2.08. The van der Waals surface area contributed by atoms with Gasteiger partial charge in [-0.15, -0.1) is 0 Å². The zero-order valence-electron chi connectivity index (χ0n) is 13.6. The first-order valence-corrected chi connectivity index (χ1v) is 7.46. The average molecular weight is 298 g/mol. The van der Waals surface area contributed by atoms with Gasteiger partial charge in [-0.1, -0.05) is 32.0 Å². The van der Waals surface area contributed by atoms with Crippen LogP contribution in [0, 0.1) is 13.8 Å². The molecule has 2 aromatic carbocycles. The van der Waals surface area contributed by atoms with Crippen LogP contribution < -0.4 is 9.47 Å². The van der Waals surface area contributed by atoms with E-state index in [1.54, 1.807) is 6.07 Å². The summed E-state index contributed by atoms with van der Waals surface area (Å²) in [6.07, 6.45) is 0. The Morgan fingerprint density at radius 1 is 1.00 bits per heavy atom. The minimum atomic E-state index is -0.404. The van der Waals surface area contributed by atoms with E-state index in [0.717, 1.165) is 5.56 Å². The van der Waals surface area contributed by atoms with Crippen LogP contribution in [-0.4, -0.2) is 12.6 Å². The normalized spacial score (nSPS) is 10.6. The Balaban J connectivity index is 1.92. The number of aryl methyl sites for hydroxylation is 2. The van der Waals surface area contributed by atoms with Crippen LogP contribution in [0.5, 0.6) is 11.5 Å². The summed E-state index contributed by atoms with van der Waals surface area (Å²) in [6.45, 7) is 8.14. The molecule has 0 aromatic heterocycles. The maximum absolute atomic E-state index is 11.9. The van der Waals surface area contributed by atoms with Crippen molar-refractivity contribution in [1.29, 1.82) is 0 Å². The number of esters is 1. The van der Waals surface area contributed by atoms with Crippen molar-refractivity contribution in [2.45, 2.75) is 33.6 Å². The first-order valence-electron chi connectivity index (χ1n) is 7.46. The van der Waals surface area contributed by atoms with Crippen LogP contribution in [0.25, 0.3) is 0 Å². The quantitative estimate of drug-likeness (QED) is 0.606. The van der Waals surface area contributed by atoms with E-state index >= 15 is 0 Å². The third kappa shape index (κ3) is 4.35. The van der Waals surface area contributed by atoms with Gasteiger partial charge in [0.25, 0.3) is 0 Å². The highest BCUT2D eigenvalue weighted by molar-refractivity contribution is 5.74. The SMILES string of the molecule is Cc1ccc(OC(=O)COc2cccc(C(C)C)c2)cc1C. The molecule has 0 unspecified atom stereocenters. The standard InChI is InChI=1S/C19H22O3/c1-13(2)16-6-5-7-17(11-16)21-12-19(20)22-18-9-8-14(3)15(4)10-18/h5-11,13H,12H2,1-4H3. The van der Waals surface area contributed by atoms with Crippen molar-refractivity contribution in [3.8, 4) is 11.5 Å². The van der Waals surface area contributed by atoms with Gasteiger partial charge in [0.05, 0.1) is 0 Å². The summed E-state index contributed by atoms with van der Waals surface area (Å²) in [5, 5.41) is 0. The van der Waals surface area contributed by atoms with Gasteiger partial charge in [0, 0.05) is 0 Å². The molecular formula is C19H22O3. The molecule has 0 atom stereocenters. The van der Waals surface area contributed by atoms with Crippen LogP contribution >= 0.6 is 0 Å². The van der Waals surface area contributed by atoms with Crippen LogP contribution in [-0.2, 0) is 4.79 Å². The largest absolute Gasteiger partial charge is 0.482 e. The Hall–Kier alpha value is -2.29. The predicted octanol–water partition coefficient (Wildman–Crippen LogP) is 4.41. The molecule has 0 fully saturated rings. The lowest BCUT2D eigenvalue weighted by molar-refractivity contribution is -0.136. The Morgan fingerprint density at radius 2 is 1.77 bits per heavy atom. The van der Waals surface area contributed by atoms with Crippen LogP contribution in [0.15, 0.2) is 42.5 Å². The summed E-state index contributed by atoms with van der Waals surface area (Å²) in [6, 6.07) is 13.4. The van der Waals surface area contributed by atoms with E-state index in [1.807, 2.05) is 50.2 Å². The number of hydrogen-bond acceptors (Lipinski definition) is 3. The molecule has 2 aromatic rings. The fourth-order valence-corrected chi connectivity index (χ4v) is 2.04. The summed E-state index contributed by atoms with van der Waals surface area (Å²) in [4.78, 5) is 11.9. The van der Waals surface area contributed by atoms with E-state index in [1.165, 1.54) is 11.1 Å². The minimum absolute atomic E-state index is 0.103. The van der Waals surface area contributed by atoms with Crippen molar-refractivity contribution in [2.75, 3.05) is 6.61 Å². The second kappa shape index (κ2) is 7.12. The van der Waals surface area contributed by atoms with Crippen molar-refractivity contribution in [1.82, 2.24) is 0 Å². The molecule has 2 rings (SSSR count). The van der Waals surface area contributed by atoms with Crippen molar-refractivity contribution in [3.05, 3.63) is 59.2 Å². The number of carbonyl (C=O) groups is 1. The molecule has 3 heteroatoms. The summed E-state index contributed by atoms with van der Waals surface area (Å²) in [7, 11) is 0. The van der Waals surface area contributed by atoms with Crippen LogP contribution in [0.2, 0.25) is 0 Å². The molecule has 0 N–H and O–H groups in total. The summed E-state index contributed by atoms with van der Waals surface area (Å²) < 4.78 is 10.8. The first kappa shape index (κ1) is 16.1. The molecular weight excluding hydrogens is 276 g/mol. The Bertz CT molecular complexity index is 659. The second-order valence-corrected chi connectivity index (χ2v) is 5.74. The lowest BCUT2D eigenvalue weighted by atomic mass is 10.0. The fraction of sp³-hybridized carbons (Fsp3) is 0.316. The van der Waals surface area contributed by atoms with Gasteiger partial charge in [-0.2, -0.15) is 0 Å². The van der Waals surface area contributed by atoms with Gasteiger partial charge in [0.15, 0.2) is 6.61 Å². The lowest BCUT2D eigenvalue weighted by Crippen LogP contribution is -2.17. The Morgan fingerprint density at radius 3 is 2.45 bits per heavy atom. The Labute approximate surface area is 131 Å². The van der Waals surface area contributed by atoms with Gasteiger partial charge in [0.1, 0.15) is 11.5 Å². The molecule has 0 saturated heterocycles.